The molecule has 2 rings (SSSR count). The lowest BCUT2D eigenvalue weighted by Gasteiger charge is -2.01. The highest BCUT2D eigenvalue weighted by molar-refractivity contribution is 6.32. The number of hydrogen-bond donors (Lipinski definition) is 0. The Morgan fingerprint density at radius 1 is 1.20 bits per heavy atom. The van der Waals surface area contributed by atoms with Gasteiger partial charge in [0.2, 0.25) is 0 Å². The van der Waals surface area contributed by atoms with Gasteiger partial charge in [0.25, 0.3) is 0 Å². The van der Waals surface area contributed by atoms with Gasteiger partial charge in [-0.3, -0.25) is 0 Å². The Labute approximate surface area is 93.9 Å². The van der Waals surface area contributed by atoms with E-state index in [2.05, 4.69) is 15.2 Å². The Morgan fingerprint density at radius 3 is 2.33 bits per heavy atom. The third-order valence-corrected chi connectivity index (χ3v) is 1.84. The Kier molecular flexibility index (Phi) is 4.24. The maximum absolute atomic E-state index is 5.96. The number of pyridine rings is 1. The first-order chi connectivity index (χ1) is 7.27. The predicted octanol–water partition coefficient (Wildman–Crippen LogP) is 2.65. The first-order valence-electron chi connectivity index (χ1n) is 4.76. The summed E-state index contributed by atoms with van der Waals surface area (Å²) in [6.45, 7) is 5.93. The summed E-state index contributed by atoms with van der Waals surface area (Å²) in [5.74, 6) is 0.553. The van der Waals surface area contributed by atoms with E-state index >= 15 is 0 Å². The zero-order valence-corrected chi connectivity index (χ0v) is 9.73. The summed E-state index contributed by atoms with van der Waals surface area (Å²) in [6, 6.07) is 1.83. The predicted molar refractivity (Wildman–Crippen MR) is 60.2 cm³/mol. The molecule has 0 aliphatic heterocycles. The molecular formula is C10H13ClN4. The summed E-state index contributed by atoms with van der Waals surface area (Å²) in [5.41, 5.74) is 1.01. The van der Waals surface area contributed by atoms with Gasteiger partial charge in [0.1, 0.15) is 0 Å². The molecule has 0 aliphatic carbocycles. The Bertz CT molecular complexity index is 411. The summed E-state index contributed by atoms with van der Waals surface area (Å²) in [5, 5.41) is 8.42. The van der Waals surface area contributed by atoms with Gasteiger partial charge < -0.3 is 0 Å². The maximum atomic E-state index is 5.96. The van der Waals surface area contributed by atoms with Crippen molar-refractivity contribution in [3.05, 3.63) is 35.2 Å². The van der Waals surface area contributed by atoms with Crippen molar-refractivity contribution in [2.75, 3.05) is 0 Å². The molecule has 5 heteroatoms. The minimum Gasteiger partial charge on any atom is -0.234 e. The SMILES string of the molecule is CC.Cc1cnc(-n2nccn2)c(Cl)c1. The first-order valence-corrected chi connectivity index (χ1v) is 5.14. The highest BCUT2D eigenvalue weighted by Crippen LogP contribution is 2.16. The van der Waals surface area contributed by atoms with E-state index in [4.69, 9.17) is 11.6 Å². The first kappa shape index (κ1) is 11.7. The van der Waals surface area contributed by atoms with Crippen LogP contribution in [0.2, 0.25) is 5.02 Å². The van der Waals surface area contributed by atoms with Gasteiger partial charge in [0, 0.05) is 6.20 Å². The minimum absolute atomic E-state index is 0.552. The van der Waals surface area contributed by atoms with Crippen molar-refractivity contribution in [2.24, 2.45) is 0 Å². The fourth-order valence-electron chi connectivity index (χ4n) is 0.999. The van der Waals surface area contributed by atoms with E-state index in [-0.39, 0.29) is 0 Å². The van der Waals surface area contributed by atoms with Crippen LogP contribution in [0.4, 0.5) is 0 Å². The summed E-state index contributed by atoms with van der Waals surface area (Å²) < 4.78 is 0. The van der Waals surface area contributed by atoms with Crippen LogP contribution in [0, 0.1) is 6.92 Å². The Balaban J connectivity index is 0.000000531. The molecule has 4 nitrogen and oxygen atoms in total. The molecule has 0 aliphatic rings. The van der Waals surface area contributed by atoms with Gasteiger partial charge in [0.05, 0.1) is 17.4 Å². The molecule has 80 valence electrons. The molecular weight excluding hydrogens is 212 g/mol. The molecule has 15 heavy (non-hydrogen) atoms. The van der Waals surface area contributed by atoms with Crippen LogP contribution in [0.15, 0.2) is 24.7 Å². The molecule has 0 atom stereocenters. The summed E-state index contributed by atoms with van der Waals surface area (Å²) >= 11 is 5.96. The van der Waals surface area contributed by atoms with Gasteiger partial charge in [-0.15, -0.1) is 4.80 Å². The highest BCUT2D eigenvalue weighted by Gasteiger charge is 2.04. The largest absolute Gasteiger partial charge is 0.234 e. The van der Waals surface area contributed by atoms with Gasteiger partial charge in [0.15, 0.2) is 5.82 Å². The number of rotatable bonds is 1. The second kappa shape index (κ2) is 5.46. The van der Waals surface area contributed by atoms with Crippen LogP contribution in [0.3, 0.4) is 0 Å². The fourth-order valence-corrected chi connectivity index (χ4v) is 1.30. The number of halogens is 1. The molecule has 0 N–H and O–H groups in total. The number of hydrogen-bond acceptors (Lipinski definition) is 3. The van der Waals surface area contributed by atoms with Crippen LogP contribution in [-0.2, 0) is 0 Å². The van der Waals surface area contributed by atoms with Crippen molar-refractivity contribution in [3.8, 4) is 5.82 Å². The van der Waals surface area contributed by atoms with Crippen LogP contribution < -0.4 is 0 Å². The van der Waals surface area contributed by atoms with E-state index in [0.717, 1.165) is 5.56 Å². The second-order valence-electron chi connectivity index (χ2n) is 2.64. The smallest absolute Gasteiger partial charge is 0.193 e. The van der Waals surface area contributed by atoms with Crippen molar-refractivity contribution in [2.45, 2.75) is 20.8 Å². The van der Waals surface area contributed by atoms with E-state index in [9.17, 15) is 0 Å². The van der Waals surface area contributed by atoms with Gasteiger partial charge in [-0.25, -0.2) is 4.98 Å². The average molecular weight is 225 g/mol. The van der Waals surface area contributed by atoms with Crippen LogP contribution >= 0.6 is 11.6 Å². The van der Waals surface area contributed by atoms with Crippen LogP contribution in [0.5, 0.6) is 0 Å². The lowest BCUT2D eigenvalue weighted by Crippen LogP contribution is -2.02. The van der Waals surface area contributed by atoms with E-state index in [1.54, 1.807) is 18.6 Å². The van der Waals surface area contributed by atoms with Crippen molar-refractivity contribution >= 4 is 11.6 Å². The number of nitrogens with zero attached hydrogens (tertiary/aromatic N) is 4. The second-order valence-corrected chi connectivity index (χ2v) is 3.04. The Hall–Kier alpha value is -1.42. The van der Waals surface area contributed by atoms with Crippen molar-refractivity contribution in [3.63, 3.8) is 0 Å². The van der Waals surface area contributed by atoms with E-state index < -0.39 is 0 Å². The topological polar surface area (TPSA) is 43.6 Å². The summed E-state index contributed by atoms with van der Waals surface area (Å²) in [6.07, 6.45) is 4.89. The molecule has 0 radical (unpaired) electrons. The lowest BCUT2D eigenvalue weighted by molar-refractivity contribution is 0.729. The normalized spacial score (nSPS) is 9.33. The van der Waals surface area contributed by atoms with Gasteiger partial charge >= 0.3 is 0 Å². The Morgan fingerprint density at radius 2 is 1.80 bits per heavy atom. The molecule has 2 aromatic heterocycles. The fraction of sp³-hybridized carbons (Fsp3) is 0.300. The minimum atomic E-state index is 0.552. The molecule has 0 saturated heterocycles. The molecule has 0 amide bonds. The molecule has 0 bridgehead atoms. The molecule has 2 heterocycles. The number of aromatic nitrogens is 4. The lowest BCUT2D eigenvalue weighted by atomic mass is 10.3. The van der Waals surface area contributed by atoms with Gasteiger partial charge in [-0.2, -0.15) is 10.2 Å². The summed E-state index contributed by atoms with van der Waals surface area (Å²) in [4.78, 5) is 5.52. The van der Waals surface area contributed by atoms with Gasteiger partial charge in [-0.1, -0.05) is 25.4 Å². The molecule has 0 aromatic carbocycles. The van der Waals surface area contributed by atoms with Crippen molar-refractivity contribution in [1.82, 2.24) is 20.0 Å². The zero-order chi connectivity index (χ0) is 11.3. The molecule has 2 aromatic rings. The quantitative estimate of drug-likeness (QED) is 0.748. The highest BCUT2D eigenvalue weighted by atomic mass is 35.5. The third kappa shape index (κ3) is 2.76. The van der Waals surface area contributed by atoms with Gasteiger partial charge in [-0.05, 0) is 18.6 Å². The van der Waals surface area contributed by atoms with Crippen LogP contribution in [-0.4, -0.2) is 20.0 Å². The monoisotopic (exact) mass is 224 g/mol. The van der Waals surface area contributed by atoms with Crippen LogP contribution in [0.1, 0.15) is 19.4 Å². The maximum Gasteiger partial charge on any atom is 0.193 e. The summed E-state index contributed by atoms with van der Waals surface area (Å²) in [7, 11) is 0. The van der Waals surface area contributed by atoms with E-state index in [0.29, 0.717) is 10.8 Å². The average Bonchev–Trinajstić information content (AvgIpc) is 2.74. The standard InChI is InChI=1S/C8H7ClN4.C2H6/c1-6-4-7(9)8(10-5-6)13-11-2-3-12-13;1-2/h2-5H,1H3;1-2H3. The number of aryl methyl sites for hydroxylation is 1. The molecule has 0 saturated carbocycles. The van der Waals surface area contributed by atoms with Crippen molar-refractivity contribution in [1.29, 1.82) is 0 Å². The molecule has 0 fully saturated rings. The molecule has 0 spiro atoms. The van der Waals surface area contributed by atoms with E-state index in [1.807, 2.05) is 26.8 Å². The van der Waals surface area contributed by atoms with Crippen molar-refractivity contribution < 1.29 is 0 Å². The zero-order valence-electron chi connectivity index (χ0n) is 8.98. The third-order valence-electron chi connectivity index (χ3n) is 1.57. The van der Waals surface area contributed by atoms with Crippen LogP contribution in [0.25, 0.3) is 5.82 Å². The molecule has 0 unspecified atom stereocenters. The van der Waals surface area contributed by atoms with E-state index in [1.165, 1.54) is 4.80 Å².